The molecule has 1 aromatic heterocycles. The molecule has 4 nitrogen and oxygen atoms in total. The number of methoxy groups -OCH3 is 1. The van der Waals surface area contributed by atoms with Crippen LogP contribution in [0, 0.1) is 6.92 Å². The molecule has 0 aliphatic carbocycles. The van der Waals surface area contributed by atoms with Crippen LogP contribution in [-0.4, -0.2) is 24.7 Å². The highest BCUT2D eigenvalue weighted by Crippen LogP contribution is 2.19. The predicted octanol–water partition coefficient (Wildman–Crippen LogP) is 2.16. The molecule has 0 aliphatic heterocycles. The molecule has 84 valence electrons. The zero-order valence-electron chi connectivity index (χ0n) is 9.20. The molecule has 1 heterocycles. The number of hydrogen-bond donors (Lipinski definition) is 0. The molecular weight excluding hydrogens is 214 g/mol. The molecule has 5 heteroatoms. The van der Waals surface area contributed by atoms with Gasteiger partial charge in [0.2, 0.25) is 0 Å². The van der Waals surface area contributed by atoms with Crippen LogP contribution in [0.1, 0.15) is 33.7 Å². The minimum Gasteiger partial charge on any atom is -0.465 e. The molecule has 1 rings (SSSR count). The average molecular weight is 229 g/mol. The van der Waals surface area contributed by atoms with E-state index in [1.54, 1.807) is 6.92 Å². The van der Waals surface area contributed by atoms with E-state index in [9.17, 15) is 4.79 Å². The molecule has 0 spiro atoms. The lowest BCUT2D eigenvalue weighted by Gasteiger charge is -1.97. The fourth-order valence-corrected chi connectivity index (χ4v) is 2.02. The molecule has 0 atom stereocenters. The van der Waals surface area contributed by atoms with E-state index in [1.807, 2.05) is 6.92 Å². The van der Waals surface area contributed by atoms with E-state index in [1.165, 1.54) is 18.4 Å². The van der Waals surface area contributed by atoms with Crippen LogP contribution in [0.2, 0.25) is 0 Å². The molecule has 0 saturated heterocycles. The fourth-order valence-electron chi connectivity index (χ4n) is 1.10. The van der Waals surface area contributed by atoms with Crippen molar-refractivity contribution in [1.82, 2.24) is 4.98 Å². The minimum absolute atomic E-state index is 0.327. The van der Waals surface area contributed by atoms with Gasteiger partial charge in [0.1, 0.15) is 9.88 Å². The second-order valence-corrected chi connectivity index (χ2v) is 4.15. The van der Waals surface area contributed by atoms with Crippen molar-refractivity contribution in [2.45, 2.75) is 26.9 Å². The maximum atomic E-state index is 11.3. The van der Waals surface area contributed by atoms with Crippen molar-refractivity contribution in [3.8, 4) is 0 Å². The monoisotopic (exact) mass is 229 g/mol. The molecule has 0 unspecified atom stereocenters. The first-order chi connectivity index (χ1) is 7.19. The Balaban J connectivity index is 2.64. The van der Waals surface area contributed by atoms with Gasteiger partial charge in [-0.25, -0.2) is 9.78 Å². The predicted molar refractivity (Wildman–Crippen MR) is 58.1 cm³/mol. The van der Waals surface area contributed by atoms with E-state index >= 15 is 0 Å². The van der Waals surface area contributed by atoms with Crippen molar-refractivity contribution in [3.05, 3.63) is 15.6 Å². The summed E-state index contributed by atoms with van der Waals surface area (Å²) in [6.45, 7) is 5.03. The number of esters is 1. The second kappa shape index (κ2) is 5.82. The Kier molecular flexibility index (Phi) is 4.71. The van der Waals surface area contributed by atoms with Crippen molar-refractivity contribution in [3.63, 3.8) is 0 Å². The van der Waals surface area contributed by atoms with Crippen LogP contribution in [0.5, 0.6) is 0 Å². The minimum atomic E-state index is -0.327. The third-order valence-electron chi connectivity index (χ3n) is 1.79. The van der Waals surface area contributed by atoms with Crippen LogP contribution in [0.25, 0.3) is 0 Å². The number of carbonyl (C=O) groups excluding carboxylic acids is 1. The third-order valence-corrected chi connectivity index (χ3v) is 2.90. The largest absolute Gasteiger partial charge is 0.465 e. The van der Waals surface area contributed by atoms with Crippen molar-refractivity contribution in [2.24, 2.45) is 0 Å². The number of carbonyl (C=O) groups is 1. The summed E-state index contributed by atoms with van der Waals surface area (Å²) in [7, 11) is 1.37. The number of rotatable bonds is 5. The van der Waals surface area contributed by atoms with Crippen molar-refractivity contribution in [2.75, 3.05) is 13.7 Å². The maximum absolute atomic E-state index is 11.3. The van der Waals surface area contributed by atoms with Crippen LogP contribution in [0.15, 0.2) is 0 Å². The van der Waals surface area contributed by atoms with E-state index in [4.69, 9.17) is 4.74 Å². The van der Waals surface area contributed by atoms with Crippen molar-refractivity contribution >= 4 is 17.3 Å². The van der Waals surface area contributed by atoms with Crippen molar-refractivity contribution < 1.29 is 14.3 Å². The number of thiazole rings is 1. The molecule has 15 heavy (non-hydrogen) atoms. The molecule has 0 fully saturated rings. The summed E-state index contributed by atoms with van der Waals surface area (Å²) in [6, 6.07) is 0. The topological polar surface area (TPSA) is 48.4 Å². The van der Waals surface area contributed by atoms with Gasteiger partial charge < -0.3 is 9.47 Å². The Hall–Kier alpha value is -0.940. The summed E-state index contributed by atoms with van der Waals surface area (Å²) >= 11 is 1.33. The Labute approximate surface area is 93.2 Å². The molecule has 0 radical (unpaired) electrons. The van der Waals surface area contributed by atoms with Gasteiger partial charge in [-0.1, -0.05) is 6.92 Å². The van der Waals surface area contributed by atoms with E-state index in [0.29, 0.717) is 23.8 Å². The van der Waals surface area contributed by atoms with Gasteiger partial charge in [-0.15, -0.1) is 11.3 Å². The van der Waals surface area contributed by atoms with Gasteiger partial charge in [0.05, 0.1) is 19.4 Å². The zero-order chi connectivity index (χ0) is 11.3. The summed E-state index contributed by atoms with van der Waals surface area (Å²) in [5.41, 5.74) is 0.710. The van der Waals surface area contributed by atoms with Crippen LogP contribution in [0.4, 0.5) is 0 Å². The summed E-state index contributed by atoms with van der Waals surface area (Å²) in [5.74, 6) is -0.327. The number of aromatic nitrogens is 1. The van der Waals surface area contributed by atoms with Crippen molar-refractivity contribution in [1.29, 1.82) is 0 Å². The summed E-state index contributed by atoms with van der Waals surface area (Å²) in [5, 5.41) is 0.821. The SMILES string of the molecule is CCCOCc1nc(C)c(C(=O)OC)s1. The summed E-state index contributed by atoms with van der Waals surface area (Å²) in [4.78, 5) is 16.1. The molecule has 0 amide bonds. The molecule has 0 aromatic carbocycles. The number of hydrogen-bond acceptors (Lipinski definition) is 5. The summed E-state index contributed by atoms with van der Waals surface area (Å²) in [6.07, 6.45) is 0.980. The Morgan fingerprint density at radius 3 is 2.87 bits per heavy atom. The first-order valence-electron chi connectivity index (χ1n) is 4.81. The lowest BCUT2D eigenvalue weighted by molar-refractivity contribution is 0.0605. The van der Waals surface area contributed by atoms with E-state index < -0.39 is 0 Å². The molecular formula is C10H15NO3S. The van der Waals surface area contributed by atoms with Crippen LogP contribution < -0.4 is 0 Å². The molecule has 0 N–H and O–H groups in total. The van der Waals surface area contributed by atoms with Gasteiger partial charge in [0.15, 0.2) is 0 Å². The average Bonchev–Trinajstić information content (AvgIpc) is 2.59. The van der Waals surface area contributed by atoms with Gasteiger partial charge in [-0.2, -0.15) is 0 Å². The lowest BCUT2D eigenvalue weighted by atomic mass is 10.4. The first kappa shape index (κ1) is 12.1. The van der Waals surface area contributed by atoms with Crippen LogP contribution >= 0.6 is 11.3 Å². The van der Waals surface area contributed by atoms with Gasteiger partial charge in [-0.05, 0) is 13.3 Å². The smallest absolute Gasteiger partial charge is 0.349 e. The Morgan fingerprint density at radius 2 is 2.27 bits per heavy atom. The highest BCUT2D eigenvalue weighted by atomic mass is 32.1. The Morgan fingerprint density at radius 1 is 1.53 bits per heavy atom. The number of nitrogens with zero attached hydrogens (tertiary/aromatic N) is 1. The first-order valence-corrected chi connectivity index (χ1v) is 5.63. The normalized spacial score (nSPS) is 10.3. The quantitative estimate of drug-likeness (QED) is 0.573. The third kappa shape index (κ3) is 3.28. The molecule has 1 aromatic rings. The number of aryl methyl sites for hydroxylation is 1. The maximum Gasteiger partial charge on any atom is 0.349 e. The van der Waals surface area contributed by atoms with E-state index in [2.05, 4.69) is 9.72 Å². The van der Waals surface area contributed by atoms with Gasteiger partial charge >= 0.3 is 5.97 Å². The lowest BCUT2D eigenvalue weighted by Crippen LogP contribution is -1.99. The fraction of sp³-hybridized carbons (Fsp3) is 0.600. The highest BCUT2D eigenvalue weighted by Gasteiger charge is 2.15. The molecule has 0 aliphatic rings. The Bertz CT molecular complexity index is 335. The number of ether oxygens (including phenoxy) is 2. The van der Waals surface area contributed by atoms with E-state index in [-0.39, 0.29) is 5.97 Å². The highest BCUT2D eigenvalue weighted by molar-refractivity contribution is 7.13. The molecule has 0 bridgehead atoms. The zero-order valence-corrected chi connectivity index (χ0v) is 10.0. The standard InChI is InChI=1S/C10H15NO3S/c1-4-5-14-6-8-11-7(2)9(15-8)10(12)13-3/h4-6H2,1-3H3. The molecule has 0 saturated carbocycles. The van der Waals surface area contributed by atoms with Gasteiger partial charge in [0, 0.05) is 6.61 Å². The summed E-state index contributed by atoms with van der Waals surface area (Å²) < 4.78 is 9.99. The van der Waals surface area contributed by atoms with E-state index in [0.717, 1.165) is 11.4 Å². The van der Waals surface area contributed by atoms with Crippen LogP contribution in [0.3, 0.4) is 0 Å². The second-order valence-electron chi connectivity index (χ2n) is 3.07. The van der Waals surface area contributed by atoms with Gasteiger partial charge in [0.25, 0.3) is 0 Å². The van der Waals surface area contributed by atoms with Crippen LogP contribution in [-0.2, 0) is 16.1 Å². The van der Waals surface area contributed by atoms with Gasteiger partial charge in [-0.3, -0.25) is 0 Å².